The average Bonchev–Trinajstić information content (AvgIpc) is 2.54. The predicted octanol–water partition coefficient (Wildman–Crippen LogP) is 3.36. The van der Waals surface area contributed by atoms with Crippen molar-refractivity contribution in [2.24, 2.45) is 5.73 Å². The van der Waals surface area contributed by atoms with Gasteiger partial charge in [0.15, 0.2) is 6.23 Å². The molecule has 0 radical (unpaired) electrons. The first-order valence-corrected chi connectivity index (χ1v) is 9.67. The van der Waals surface area contributed by atoms with Gasteiger partial charge in [-0.1, -0.05) is 46.3 Å². The van der Waals surface area contributed by atoms with Gasteiger partial charge in [0.2, 0.25) is 0 Å². The number of alkyl halides is 2. The fourth-order valence-corrected chi connectivity index (χ4v) is 3.48. The van der Waals surface area contributed by atoms with Crippen LogP contribution < -0.4 is 5.73 Å². The van der Waals surface area contributed by atoms with Gasteiger partial charge >= 0.3 is 19.2 Å². The third kappa shape index (κ3) is 4.75. The SMILES string of the molecule is NC(Cc1ccc(C(F)(F)P(=O)(O)O)c(Br)c1)OC(=O)c1ccccc1. The molecule has 140 valence electrons. The van der Waals surface area contributed by atoms with Crippen molar-refractivity contribution in [1.82, 2.24) is 0 Å². The lowest BCUT2D eigenvalue weighted by Crippen LogP contribution is -2.29. The fourth-order valence-electron chi connectivity index (χ4n) is 2.14. The molecule has 1 atom stereocenters. The number of halogens is 3. The van der Waals surface area contributed by atoms with E-state index in [1.165, 1.54) is 12.1 Å². The van der Waals surface area contributed by atoms with E-state index in [4.69, 9.17) is 20.3 Å². The van der Waals surface area contributed by atoms with Crippen molar-refractivity contribution in [2.75, 3.05) is 0 Å². The molecule has 4 N–H and O–H groups in total. The maximum Gasteiger partial charge on any atom is 0.399 e. The Hall–Kier alpha value is -1.64. The van der Waals surface area contributed by atoms with Crippen LogP contribution in [0.5, 0.6) is 0 Å². The highest BCUT2D eigenvalue weighted by atomic mass is 79.9. The molecule has 0 heterocycles. The third-order valence-electron chi connectivity index (χ3n) is 3.43. The lowest BCUT2D eigenvalue weighted by Gasteiger charge is -2.20. The third-order valence-corrected chi connectivity index (χ3v) is 5.06. The monoisotopic (exact) mass is 449 g/mol. The van der Waals surface area contributed by atoms with Gasteiger partial charge in [-0.25, -0.2) is 4.79 Å². The van der Waals surface area contributed by atoms with Gasteiger partial charge in [-0.2, -0.15) is 8.78 Å². The number of hydrogen-bond donors (Lipinski definition) is 3. The van der Waals surface area contributed by atoms with Crippen molar-refractivity contribution >= 4 is 29.5 Å². The number of benzene rings is 2. The number of ether oxygens (including phenoxy) is 1. The molecule has 0 fully saturated rings. The summed E-state index contributed by atoms with van der Waals surface area (Å²) < 4.78 is 43.4. The summed E-state index contributed by atoms with van der Waals surface area (Å²) in [6.45, 7) is 0. The first-order chi connectivity index (χ1) is 12.0. The van der Waals surface area contributed by atoms with E-state index in [0.717, 1.165) is 6.07 Å². The molecule has 0 aliphatic carbocycles. The summed E-state index contributed by atoms with van der Waals surface area (Å²) >= 11 is 2.88. The molecule has 0 bridgehead atoms. The van der Waals surface area contributed by atoms with E-state index >= 15 is 0 Å². The highest BCUT2D eigenvalue weighted by Crippen LogP contribution is 2.60. The summed E-state index contributed by atoms with van der Waals surface area (Å²) in [5, 5.41) is 0. The van der Waals surface area contributed by atoms with Gasteiger partial charge in [-0.15, -0.1) is 0 Å². The van der Waals surface area contributed by atoms with Crippen molar-refractivity contribution in [3.05, 3.63) is 69.7 Å². The highest BCUT2D eigenvalue weighted by Gasteiger charge is 2.51. The lowest BCUT2D eigenvalue weighted by molar-refractivity contribution is 0.0317. The second-order valence-electron chi connectivity index (χ2n) is 5.41. The quantitative estimate of drug-likeness (QED) is 0.354. The topological polar surface area (TPSA) is 110 Å². The van der Waals surface area contributed by atoms with Crippen LogP contribution in [0.4, 0.5) is 8.78 Å². The minimum Gasteiger partial charge on any atom is -0.443 e. The number of carbonyl (C=O) groups excluding carboxylic acids is 1. The summed E-state index contributed by atoms with van der Waals surface area (Å²) in [4.78, 5) is 29.5. The molecule has 0 amide bonds. The van der Waals surface area contributed by atoms with E-state index < -0.39 is 31.0 Å². The Morgan fingerprint density at radius 1 is 1.23 bits per heavy atom. The standard InChI is InChI=1S/C16H15BrF2NO5P/c17-13-8-10(6-7-12(13)16(18,19)26(22,23)24)9-14(20)25-15(21)11-4-2-1-3-5-11/h1-8,14H,9,20H2,(H2,22,23,24). The van der Waals surface area contributed by atoms with E-state index in [2.05, 4.69) is 15.9 Å². The molecule has 6 nitrogen and oxygen atoms in total. The van der Waals surface area contributed by atoms with Gasteiger partial charge in [0, 0.05) is 16.5 Å². The zero-order valence-electron chi connectivity index (χ0n) is 13.2. The number of hydrogen-bond acceptors (Lipinski definition) is 4. The van der Waals surface area contributed by atoms with Crippen LogP contribution in [-0.4, -0.2) is 22.0 Å². The largest absolute Gasteiger partial charge is 0.443 e. The van der Waals surface area contributed by atoms with Gasteiger partial charge in [-0.05, 0) is 23.8 Å². The number of esters is 1. The fraction of sp³-hybridized carbons (Fsp3) is 0.188. The van der Waals surface area contributed by atoms with Crippen molar-refractivity contribution in [2.45, 2.75) is 18.3 Å². The Kier molecular flexibility index (Phi) is 6.31. The number of carbonyl (C=O) groups is 1. The van der Waals surface area contributed by atoms with Gasteiger partial charge < -0.3 is 14.5 Å². The van der Waals surface area contributed by atoms with Crippen molar-refractivity contribution in [3.63, 3.8) is 0 Å². The molecule has 26 heavy (non-hydrogen) atoms. The van der Waals surface area contributed by atoms with Crippen LogP contribution in [0.2, 0.25) is 0 Å². The molecule has 0 spiro atoms. The van der Waals surface area contributed by atoms with E-state index in [-0.39, 0.29) is 10.9 Å². The van der Waals surface area contributed by atoms with Crippen LogP contribution in [0.25, 0.3) is 0 Å². The van der Waals surface area contributed by atoms with Gasteiger partial charge in [-0.3, -0.25) is 10.3 Å². The highest BCUT2D eigenvalue weighted by molar-refractivity contribution is 9.10. The second-order valence-corrected chi connectivity index (χ2v) is 7.92. The molecule has 0 saturated heterocycles. The Bertz CT molecular complexity index is 844. The van der Waals surface area contributed by atoms with Crippen LogP contribution in [0.1, 0.15) is 21.5 Å². The van der Waals surface area contributed by atoms with Crippen LogP contribution in [0.15, 0.2) is 53.0 Å². The smallest absolute Gasteiger partial charge is 0.399 e. The predicted molar refractivity (Wildman–Crippen MR) is 93.6 cm³/mol. The second kappa shape index (κ2) is 7.94. The van der Waals surface area contributed by atoms with Crippen molar-refractivity contribution < 1.29 is 32.7 Å². The molecule has 2 rings (SSSR count). The molecular formula is C16H15BrF2NO5P. The minimum absolute atomic E-state index is 0.0267. The zero-order valence-corrected chi connectivity index (χ0v) is 15.7. The van der Waals surface area contributed by atoms with E-state index in [1.54, 1.807) is 30.3 Å². The minimum atomic E-state index is -5.67. The van der Waals surface area contributed by atoms with Crippen LogP contribution >= 0.6 is 23.5 Å². The normalized spacial score (nSPS) is 13.3. The van der Waals surface area contributed by atoms with Gasteiger partial charge in [0.1, 0.15) is 0 Å². The maximum absolute atomic E-state index is 13.8. The average molecular weight is 450 g/mol. The van der Waals surface area contributed by atoms with Gasteiger partial charge in [0.25, 0.3) is 0 Å². The van der Waals surface area contributed by atoms with Crippen molar-refractivity contribution in [3.8, 4) is 0 Å². The first kappa shape index (κ1) is 20.7. The molecule has 0 aromatic heterocycles. The molecule has 2 aromatic carbocycles. The molecule has 0 aliphatic heterocycles. The molecular weight excluding hydrogens is 435 g/mol. The summed E-state index contributed by atoms with van der Waals surface area (Å²) in [7, 11) is -5.67. The Labute approximate surface area is 156 Å². The maximum atomic E-state index is 13.8. The van der Waals surface area contributed by atoms with Crippen LogP contribution in [-0.2, 0) is 21.4 Å². The molecule has 2 aromatic rings. The number of rotatable bonds is 6. The summed E-state index contributed by atoms with van der Waals surface area (Å²) in [5.74, 6) is -0.623. The zero-order chi connectivity index (χ0) is 19.5. The van der Waals surface area contributed by atoms with Crippen molar-refractivity contribution in [1.29, 1.82) is 0 Å². The van der Waals surface area contributed by atoms with Gasteiger partial charge in [0.05, 0.1) is 5.56 Å². The molecule has 0 saturated carbocycles. The van der Waals surface area contributed by atoms with E-state index in [9.17, 15) is 18.1 Å². The first-order valence-electron chi connectivity index (χ1n) is 7.26. The molecule has 0 aliphatic rings. The Morgan fingerprint density at radius 2 is 1.85 bits per heavy atom. The number of nitrogens with two attached hydrogens (primary N) is 1. The van der Waals surface area contributed by atoms with E-state index in [1.807, 2.05) is 0 Å². The Balaban J connectivity index is 2.10. The van der Waals surface area contributed by atoms with Crippen LogP contribution in [0, 0.1) is 0 Å². The molecule has 10 heteroatoms. The Morgan fingerprint density at radius 3 is 2.38 bits per heavy atom. The lowest BCUT2D eigenvalue weighted by atomic mass is 10.1. The molecule has 1 unspecified atom stereocenters. The summed E-state index contributed by atoms with van der Waals surface area (Å²) in [6.07, 6.45) is -0.999. The summed E-state index contributed by atoms with van der Waals surface area (Å²) in [5.41, 5.74) is 1.35. The summed E-state index contributed by atoms with van der Waals surface area (Å²) in [6, 6.07) is 11.6. The van der Waals surface area contributed by atoms with Crippen LogP contribution in [0.3, 0.4) is 0 Å². The van der Waals surface area contributed by atoms with E-state index in [0.29, 0.717) is 11.1 Å².